The highest BCUT2D eigenvalue weighted by molar-refractivity contribution is 5.45. The fourth-order valence-electron chi connectivity index (χ4n) is 1.62. The normalized spacial score (nSPS) is 9.76. The van der Waals surface area contributed by atoms with E-state index >= 15 is 0 Å². The second kappa shape index (κ2) is 6.77. The topological polar surface area (TPSA) is 54.3 Å². The van der Waals surface area contributed by atoms with Crippen LogP contribution in [0.25, 0.3) is 0 Å². The van der Waals surface area contributed by atoms with Crippen molar-refractivity contribution in [1.82, 2.24) is 5.32 Å². The van der Waals surface area contributed by atoms with Crippen molar-refractivity contribution in [2.75, 3.05) is 20.8 Å². The molecule has 0 spiro atoms. The fraction of sp³-hybridized carbons (Fsp3) is 0.462. The molecule has 1 rings (SSSR count). The highest BCUT2D eigenvalue weighted by atomic mass is 16.5. The number of hydrogen-bond donors (Lipinski definition) is 1. The fourth-order valence-corrected chi connectivity index (χ4v) is 1.62. The van der Waals surface area contributed by atoms with E-state index in [1.807, 2.05) is 19.1 Å². The van der Waals surface area contributed by atoms with E-state index in [0.29, 0.717) is 19.5 Å². The average molecular weight is 234 g/mol. The highest BCUT2D eigenvalue weighted by Crippen LogP contribution is 2.27. The summed E-state index contributed by atoms with van der Waals surface area (Å²) in [5, 5.41) is 11.6. The van der Waals surface area contributed by atoms with Crippen LogP contribution in [0, 0.1) is 18.3 Å². The van der Waals surface area contributed by atoms with Crippen molar-refractivity contribution < 1.29 is 9.47 Å². The van der Waals surface area contributed by atoms with Gasteiger partial charge in [0.25, 0.3) is 0 Å². The molecule has 1 N–H and O–H groups in total. The molecule has 0 aliphatic heterocycles. The standard InChI is InChI=1S/C13H18N2O2/c1-10-7-13(17-3)11(8-12(10)16-2)9-15-6-4-5-14/h7-8,15H,4,6,9H2,1-3H3. The maximum atomic E-state index is 8.45. The van der Waals surface area contributed by atoms with Gasteiger partial charge in [-0.3, -0.25) is 0 Å². The van der Waals surface area contributed by atoms with Gasteiger partial charge < -0.3 is 14.8 Å². The van der Waals surface area contributed by atoms with E-state index in [1.165, 1.54) is 0 Å². The van der Waals surface area contributed by atoms with Gasteiger partial charge in [-0.25, -0.2) is 0 Å². The van der Waals surface area contributed by atoms with E-state index in [0.717, 1.165) is 22.6 Å². The molecule has 0 radical (unpaired) electrons. The molecule has 0 aromatic heterocycles. The molecule has 1 aromatic carbocycles. The first-order valence-corrected chi connectivity index (χ1v) is 5.52. The van der Waals surface area contributed by atoms with Crippen LogP contribution >= 0.6 is 0 Å². The minimum absolute atomic E-state index is 0.505. The van der Waals surface area contributed by atoms with E-state index in [1.54, 1.807) is 14.2 Å². The molecule has 4 heteroatoms. The van der Waals surface area contributed by atoms with Gasteiger partial charge in [0.05, 0.1) is 20.3 Å². The van der Waals surface area contributed by atoms with Gasteiger partial charge in [0.15, 0.2) is 0 Å². The largest absolute Gasteiger partial charge is 0.496 e. The first-order chi connectivity index (χ1) is 8.22. The van der Waals surface area contributed by atoms with Crippen LogP contribution in [0.15, 0.2) is 12.1 Å². The van der Waals surface area contributed by atoms with Crippen molar-refractivity contribution in [2.45, 2.75) is 19.9 Å². The van der Waals surface area contributed by atoms with Crippen LogP contribution in [-0.2, 0) is 6.54 Å². The van der Waals surface area contributed by atoms with Crippen molar-refractivity contribution in [2.24, 2.45) is 0 Å². The predicted octanol–water partition coefficient (Wildman–Crippen LogP) is 2.02. The summed E-state index contributed by atoms with van der Waals surface area (Å²) in [4.78, 5) is 0. The minimum atomic E-state index is 0.505. The Labute approximate surface area is 102 Å². The summed E-state index contributed by atoms with van der Waals surface area (Å²) in [5.41, 5.74) is 2.08. The number of nitriles is 1. The third-order valence-electron chi connectivity index (χ3n) is 2.53. The SMILES string of the molecule is COc1cc(CNCCC#N)c(OC)cc1C. The molecule has 0 heterocycles. The summed E-state index contributed by atoms with van der Waals surface area (Å²) in [6, 6.07) is 6.02. The number of benzene rings is 1. The molecule has 1 aromatic rings. The number of ether oxygens (including phenoxy) is 2. The Bertz CT molecular complexity index is 411. The second-order valence-electron chi connectivity index (χ2n) is 3.72. The molecular weight excluding hydrogens is 216 g/mol. The van der Waals surface area contributed by atoms with E-state index in [4.69, 9.17) is 14.7 Å². The van der Waals surface area contributed by atoms with E-state index in [-0.39, 0.29) is 0 Å². The summed E-state index contributed by atoms with van der Waals surface area (Å²) in [6.45, 7) is 3.32. The van der Waals surface area contributed by atoms with Gasteiger partial charge in [-0.15, -0.1) is 0 Å². The lowest BCUT2D eigenvalue weighted by Crippen LogP contribution is -2.15. The predicted molar refractivity (Wildman–Crippen MR) is 66.2 cm³/mol. The summed E-state index contributed by atoms with van der Waals surface area (Å²) in [5.74, 6) is 1.69. The first kappa shape index (κ1) is 13.3. The third-order valence-corrected chi connectivity index (χ3v) is 2.53. The minimum Gasteiger partial charge on any atom is -0.496 e. The van der Waals surface area contributed by atoms with E-state index < -0.39 is 0 Å². The summed E-state index contributed by atoms with van der Waals surface area (Å²) >= 11 is 0. The molecule has 0 bridgehead atoms. The molecule has 4 nitrogen and oxygen atoms in total. The van der Waals surface area contributed by atoms with Gasteiger partial charge in [0.1, 0.15) is 11.5 Å². The van der Waals surface area contributed by atoms with Crippen LogP contribution < -0.4 is 14.8 Å². The lowest BCUT2D eigenvalue weighted by Gasteiger charge is -2.13. The van der Waals surface area contributed by atoms with Crippen LogP contribution in [-0.4, -0.2) is 20.8 Å². The number of hydrogen-bond acceptors (Lipinski definition) is 4. The number of aryl methyl sites for hydroxylation is 1. The number of rotatable bonds is 6. The molecule has 0 atom stereocenters. The van der Waals surface area contributed by atoms with Gasteiger partial charge in [-0.1, -0.05) is 0 Å². The molecule has 17 heavy (non-hydrogen) atoms. The Morgan fingerprint density at radius 3 is 2.53 bits per heavy atom. The van der Waals surface area contributed by atoms with Gasteiger partial charge >= 0.3 is 0 Å². The van der Waals surface area contributed by atoms with Crippen LogP contribution in [0.1, 0.15) is 17.5 Å². The van der Waals surface area contributed by atoms with Gasteiger partial charge in [-0.2, -0.15) is 5.26 Å². The number of nitrogens with one attached hydrogen (secondary N) is 1. The van der Waals surface area contributed by atoms with Gasteiger partial charge in [0, 0.05) is 25.1 Å². The van der Waals surface area contributed by atoms with Crippen LogP contribution in [0.3, 0.4) is 0 Å². The van der Waals surface area contributed by atoms with E-state index in [2.05, 4.69) is 11.4 Å². The Hall–Kier alpha value is -1.73. The summed E-state index contributed by atoms with van der Waals surface area (Å²) in [6.07, 6.45) is 0.505. The Balaban J connectivity index is 2.78. The molecule has 0 unspecified atom stereocenters. The average Bonchev–Trinajstić information content (AvgIpc) is 2.35. The lowest BCUT2D eigenvalue weighted by atomic mass is 10.1. The molecule has 0 fully saturated rings. The monoisotopic (exact) mass is 234 g/mol. The molecule has 0 saturated heterocycles. The van der Waals surface area contributed by atoms with E-state index in [9.17, 15) is 0 Å². The molecule has 0 saturated carbocycles. The summed E-state index contributed by atoms with van der Waals surface area (Å²) in [7, 11) is 3.31. The second-order valence-corrected chi connectivity index (χ2v) is 3.72. The molecule has 0 aliphatic carbocycles. The molecule has 92 valence electrons. The molecule has 0 aliphatic rings. The number of methoxy groups -OCH3 is 2. The van der Waals surface area contributed by atoms with Crippen LogP contribution in [0.5, 0.6) is 11.5 Å². The molecule has 0 amide bonds. The zero-order valence-electron chi connectivity index (χ0n) is 10.5. The van der Waals surface area contributed by atoms with Crippen molar-refractivity contribution in [1.29, 1.82) is 5.26 Å². The first-order valence-electron chi connectivity index (χ1n) is 5.52. The smallest absolute Gasteiger partial charge is 0.123 e. The maximum Gasteiger partial charge on any atom is 0.123 e. The zero-order valence-corrected chi connectivity index (χ0v) is 10.5. The van der Waals surface area contributed by atoms with Crippen molar-refractivity contribution in [3.63, 3.8) is 0 Å². The van der Waals surface area contributed by atoms with Crippen molar-refractivity contribution in [3.8, 4) is 17.6 Å². The van der Waals surface area contributed by atoms with Crippen molar-refractivity contribution in [3.05, 3.63) is 23.3 Å². The summed E-state index contributed by atoms with van der Waals surface area (Å²) < 4.78 is 10.6. The Morgan fingerprint density at radius 2 is 1.94 bits per heavy atom. The van der Waals surface area contributed by atoms with Crippen LogP contribution in [0.4, 0.5) is 0 Å². The lowest BCUT2D eigenvalue weighted by molar-refractivity contribution is 0.395. The quantitative estimate of drug-likeness (QED) is 0.765. The highest BCUT2D eigenvalue weighted by Gasteiger charge is 2.07. The zero-order chi connectivity index (χ0) is 12.7. The Morgan fingerprint density at radius 1 is 1.24 bits per heavy atom. The van der Waals surface area contributed by atoms with Crippen LogP contribution in [0.2, 0.25) is 0 Å². The van der Waals surface area contributed by atoms with Gasteiger partial charge in [-0.05, 0) is 24.6 Å². The number of nitrogens with zero attached hydrogens (tertiary/aromatic N) is 1. The molecular formula is C13H18N2O2. The maximum absolute atomic E-state index is 8.45. The van der Waals surface area contributed by atoms with Crippen molar-refractivity contribution >= 4 is 0 Å². The third kappa shape index (κ3) is 3.65. The van der Waals surface area contributed by atoms with Gasteiger partial charge in [0.2, 0.25) is 0 Å². The Kier molecular flexibility index (Phi) is 5.31.